The average Bonchev–Trinajstić information content (AvgIpc) is 2.38. The van der Waals surface area contributed by atoms with Crippen molar-refractivity contribution in [3.8, 4) is 0 Å². The summed E-state index contributed by atoms with van der Waals surface area (Å²) in [6, 6.07) is 10.8. The van der Waals surface area contributed by atoms with Crippen molar-refractivity contribution in [1.82, 2.24) is 4.90 Å². The van der Waals surface area contributed by atoms with Crippen LogP contribution in [0.25, 0.3) is 0 Å². The van der Waals surface area contributed by atoms with Crippen LogP contribution in [-0.2, 0) is 16.0 Å². The molecule has 0 aliphatic carbocycles. The molecule has 0 aliphatic rings. The Morgan fingerprint density at radius 3 is 2.44 bits per heavy atom. The number of esters is 1. The molecular weight excluding hydrogens is 226 g/mol. The molecule has 0 spiro atoms. The van der Waals surface area contributed by atoms with Gasteiger partial charge in [-0.25, -0.2) is 0 Å². The normalized spacial score (nSPS) is 14.3. The zero-order valence-electron chi connectivity index (χ0n) is 11.7. The number of hydrogen-bond donors (Lipinski definition) is 0. The molecule has 1 aromatic rings. The zero-order chi connectivity index (χ0) is 13.5. The van der Waals surface area contributed by atoms with Gasteiger partial charge in [0.25, 0.3) is 0 Å². The number of hydrogen-bond acceptors (Lipinski definition) is 3. The SMILES string of the molecule is COC(=O)[C@H](C)CN(C)[C@@H](C)Cc1ccccc1. The molecule has 0 unspecified atom stereocenters. The summed E-state index contributed by atoms with van der Waals surface area (Å²) in [4.78, 5) is 13.6. The van der Waals surface area contributed by atoms with Crippen LogP contribution in [0.3, 0.4) is 0 Å². The van der Waals surface area contributed by atoms with E-state index in [0.717, 1.165) is 13.0 Å². The molecule has 0 fully saturated rings. The monoisotopic (exact) mass is 249 g/mol. The molecular formula is C15H23NO2. The van der Waals surface area contributed by atoms with Gasteiger partial charge in [0.1, 0.15) is 0 Å². The standard InChI is InChI=1S/C15H23NO2/c1-12(15(17)18-4)11-16(3)13(2)10-14-8-6-5-7-9-14/h5-9,12-13H,10-11H2,1-4H3/t12-,13+/m1/s1. The number of benzene rings is 1. The number of ether oxygens (including phenoxy) is 1. The Morgan fingerprint density at radius 1 is 1.28 bits per heavy atom. The maximum absolute atomic E-state index is 11.4. The zero-order valence-corrected chi connectivity index (χ0v) is 11.7. The Labute approximate surface area is 110 Å². The predicted molar refractivity (Wildman–Crippen MR) is 73.4 cm³/mol. The van der Waals surface area contributed by atoms with Gasteiger partial charge < -0.3 is 9.64 Å². The van der Waals surface area contributed by atoms with E-state index in [0.29, 0.717) is 6.04 Å². The fourth-order valence-corrected chi connectivity index (χ4v) is 2.00. The summed E-state index contributed by atoms with van der Waals surface area (Å²) >= 11 is 0. The molecule has 0 radical (unpaired) electrons. The van der Waals surface area contributed by atoms with Crippen LogP contribution < -0.4 is 0 Å². The van der Waals surface area contributed by atoms with E-state index in [1.54, 1.807) is 0 Å². The number of carbonyl (C=O) groups excluding carboxylic acids is 1. The number of methoxy groups -OCH3 is 1. The van der Waals surface area contributed by atoms with Gasteiger partial charge in [-0.1, -0.05) is 37.3 Å². The smallest absolute Gasteiger partial charge is 0.309 e. The van der Waals surface area contributed by atoms with E-state index >= 15 is 0 Å². The molecule has 18 heavy (non-hydrogen) atoms. The lowest BCUT2D eigenvalue weighted by Crippen LogP contribution is -2.36. The van der Waals surface area contributed by atoms with Gasteiger partial charge in [0.15, 0.2) is 0 Å². The van der Waals surface area contributed by atoms with Crippen molar-refractivity contribution >= 4 is 5.97 Å². The molecule has 0 saturated heterocycles. The van der Waals surface area contributed by atoms with E-state index in [2.05, 4.69) is 36.1 Å². The van der Waals surface area contributed by atoms with Crippen LogP contribution in [0.1, 0.15) is 19.4 Å². The van der Waals surface area contributed by atoms with E-state index < -0.39 is 0 Å². The van der Waals surface area contributed by atoms with Crippen LogP contribution >= 0.6 is 0 Å². The van der Waals surface area contributed by atoms with Crippen LogP contribution in [0.2, 0.25) is 0 Å². The Morgan fingerprint density at radius 2 is 1.89 bits per heavy atom. The largest absolute Gasteiger partial charge is 0.469 e. The molecule has 3 heteroatoms. The molecule has 0 aromatic heterocycles. The molecule has 0 bridgehead atoms. The van der Waals surface area contributed by atoms with Crippen molar-refractivity contribution in [3.05, 3.63) is 35.9 Å². The van der Waals surface area contributed by atoms with Crippen molar-refractivity contribution in [1.29, 1.82) is 0 Å². The number of likely N-dealkylation sites (N-methyl/N-ethyl adjacent to an activating group) is 1. The fraction of sp³-hybridized carbons (Fsp3) is 0.533. The van der Waals surface area contributed by atoms with Gasteiger partial charge in [0.05, 0.1) is 13.0 Å². The highest BCUT2D eigenvalue weighted by molar-refractivity contribution is 5.72. The third-order valence-electron chi connectivity index (χ3n) is 3.29. The Bertz CT molecular complexity index is 364. The highest BCUT2D eigenvalue weighted by Crippen LogP contribution is 2.10. The lowest BCUT2D eigenvalue weighted by Gasteiger charge is -2.26. The van der Waals surface area contributed by atoms with E-state index in [4.69, 9.17) is 4.74 Å². The minimum absolute atomic E-state index is 0.0850. The van der Waals surface area contributed by atoms with Gasteiger partial charge in [-0.3, -0.25) is 4.79 Å². The maximum Gasteiger partial charge on any atom is 0.309 e. The van der Waals surface area contributed by atoms with E-state index in [1.165, 1.54) is 12.7 Å². The Kier molecular flexibility index (Phi) is 5.86. The second-order valence-electron chi connectivity index (χ2n) is 4.90. The Balaban J connectivity index is 2.46. The van der Waals surface area contributed by atoms with Crippen LogP contribution in [0, 0.1) is 5.92 Å². The topological polar surface area (TPSA) is 29.5 Å². The van der Waals surface area contributed by atoms with Gasteiger partial charge >= 0.3 is 5.97 Å². The van der Waals surface area contributed by atoms with Gasteiger partial charge in [-0.05, 0) is 26.0 Å². The predicted octanol–water partition coefficient (Wildman–Crippen LogP) is 2.36. The fourth-order valence-electron chi connectivity index (χ4n) is 2.00. The summed E-state index contributed by atoms with van der Waals surface area (Å²) in [5.41, 5.74) is 1.32. The second-order valence-corrected chi connectivity index (χ2v) is 4.90. The summed E-state index contributed by atoms with van der Waals surface area (Å²) in [5, 5.41) is 0. The van der Waals surface area contributed by atoms with E-state index in [-0.39, 0.29) is 11.9 Å². The van der Waals surface area contributed by atoms with Gasteiger partial charge in [-0.2, -0.15) is 0 Å². The molecule has 0 heterocycles. The summed E-state index contributed by atoms with van der Waals surface area (Å²) < 4.78 is 4.75. The lowest BCUT2D eigenvalue weighted by atomic mass is 10.0. The molecule has 2 atom stereocenters. The first-order valence-electron chi connectivity index (χ1n) is 6.36. The molecule has 0 amide bonds. The third kappa shape index (κ3) is 4.49. The third-order valence-corrected chi connectivity index (χ3v) is 3.29. The van der Waals surface area contributed by atoms with Gasteiger partial charge in [-0.15, -0.1) is 0 Å². The molecule has 1 aromatic carbocycles. The molecule has 3 nitrogen and oxygen atoms in total. The quantitative estimate of drug-likeness (QED) is 0.725. The summed E-state index contributed by atoms with van der Waals surface area (Å²) in [6.07, 6.45) is 0.991. The minimum Gasteiger partial charge on any atom is -0.469 e. The van der Waals surface area contributed by atoms with Crippen LogP contribution in [0.4, 0.5) is 0 Å². The van der Waals surface area contributed by atoms with Crippen molar-refractivity contribution in [2.24, 2.45) is 5.92 Å². The van der Waals surface area contributed by atoms with Crippen molar-refractivity contribution in [2.75, 3.05) is 20.7 Å². The molecule has 0 N–H and O–H groups in total. The Hall–Kier alpha value is -1.35. The van der Waals surface area contributed by atoms with Gasteiger partial charge in [0.2, 0.25) is 0 Å². The first kappa shape index (κ1) is 14.7. The summed E-state index contributed by atoms with van der Waals surface area (Å²) in [7, 11) is 3.49. The van der Waals surface area contributed by atoms with Crippen LogP contribution in [0.5, 0.6) is 0 Å². The van der Waals surface area contributed by atoms with Crippen molar-refractivity contribution in [2.45, 2.75) is 26.3 Å². The highest BCUT2D eigenvalue weighted by Gasteiger charge is 2.18. The summed E-state index contributed by atoms with van der Waals surface area (Å²) in [6.45, 7) is 4.80. The van der Waals surface area contributed by atoms with Gasteiger partial charge in [0, 0.05) is 12.6 Å². The average molecular weight is 249 g/mol. The van der Waals surface area contributed by atoms with Crippen molar-refractivity contribution in [3.63, 3.8) is 0 Å². The van der Waals surface area contributed by atoms with E-state index in [1.807, 2.05) is 20.0 Å². The molecule has 0 saturated carbocycles. The number of carbonyl (C=O) groups is 1. The lowest BCUT2D eigenvalue weighted by molar-refractivity contribution is -0.145. The minimum atomic E-state index is -0.145. The molecule has 1 rings (SSSR count). The van der Waals surface area contributed by atoms with Crippen molar-refractivity contribution < 1.29 is 9.53 Å². The first-order chi connectivity index (χ1) is 8.54. The summed E-state index contributed by atoms with van der Waals surface area (Å²) in [5.74, 6) is -0.230. The number of rotatable bonds is 6. The maximum atomic E-state index is 11.4. The number of nitrogens with zero attached hydrogens (tertiary/aromatic N) is 1. The second kappa shape index (κ2) is 7.17. The first-order valence-corrected chi connectivity index (χ1v) is 6.36. The van der Waals surface area contributed by atoms with Crippen LogP contribution in [0.15, 0.2) is 30.3 Å². The molecule has 100 valence electrons. The van der Waals surface area contributed by atoms with E-state index in [9.17, 15) is 4.79 Å². The molecule has 0 aliphatic heterocycles. The highest BCUT2D eigenvalue weighted by atomic mass is 16.5. The van der Waals surface area contributed by atoms with Crippen LogP contribution in [-0.4, -0.2) is 37.6 Å².